The molecule has 4 nitrogen and oxygen atoms in total. The number of thioether (sulfide) groups is 1. The highest BCUT2D eigenvalue weighted by molar-refractivity contribution is 7.98. The van der Waals surface area contributed by atoms with Crippen molar-refractivity contribution in [2.75, 3.05) is 12.0 Å². The number of rotatable bonds is 2. The van der Waals surface area contributed by atoms with Crippen molar-refractivity contribution in [2.45, 2.75) is 5.03 Å². The summed E-state index contributed by atoms with van der Waals surface area (Å²) < 4.78 is 0. The molecular weight excluding hydrogens is 176 g/mol. The van der Waals surface area contributed by atoms with Crippen LogP contribution in [0.5, 0.6) is 0 Å². The Labute approximate surface area is 73.8 Å². The molecule has 0 aliphatic carbocycles. The maximum Gasteiger partial charge on any atom is 0.354 e. The summed E-state index contributed by atoms with van der Waals surface area (Å²) in [5, 5.41) is 9.13. The van der Waals surface area contributed by atoms with Crippen molar-refractivity contribution in [3.63, 3.8) is 0 Å². The largest absolute Gasteiger partial charge is 0.477 e. The van der Waals surface area contributed by atoms with E-state index in [0.29, 0.717) is 10.7 Å². The number of hydrogen-bond acceptors (Lipinski definition) is 4. The summed E-state index contributed by atoms with van der Waals surface area (Å²) in [6.45, 7) is 0. The number of carboxylic acid groups (broad SMARTS) is 1. The number of nitrogens with zero attached hydrogens (tertiary/aromatic N) is 1. The number of carbonyl (C=O) groups is 1. The van der Waals surface area contributed by atoms with Crippen LogP contribution < -0.4 is 5.73 Å². The van der Waals surface area contributed by atoms with Crippen molar-refractivity contribution in [3.8, 4) is 0 Å². The highest BCUT2D eigenvalue weighted by Crippen LogP contribution is 2.19. The van der Waals surface area contributed by atoms with Gasteiger partial charge in [0, 0.05) is 0 Å². The minimum absolute atomic E-state index is 0.0218. The van der Waals surface area contributed by atoms with E-state index in [1.807, 2.05) is 0 Å². The van der Waals surface area contributed by atoms with Crippen LogP contribution in [0.15, 0.2) is 17.2 Å². The molecule has 0 aliphatic heterocycles. The van der Waals surface area contributed by atoms with E-state index in [1.165, 1.54) is 17.8 Å². The van der Waals surface area contributed by atoms with E-state index in [-0.39, 0.29) is 5.69 Å². The summed E-state index contributed by atoms with van der Waals surface area (Å²) in [4.78, 5) is 14.3. The van der Waals surface area contributed by atoms with Gasteiger partial charge < -0.3 is 10.8 Å². The molecule has 1 aromatic heterocycles. The third-order valence-corrected chi connectivity index (χ3v) is 2.02. The first-order valence-corrected chi connectivity index (χ1v) is 4.41. The number of aromatic carboxylic acids is 1. The monoisotopic (exact) mass is 184 g/mol. The Morgan fingerprint density at radius 1 is 1.67 bits per heavy atom. The zero-order valence-corrected chi connectivity index (χ0v) is 7.26. The molecule has 0 fully saturated rings. The Morgan fingerprint density at radius 2 is 2.33 bits per heavy atom. The molecule has 0 aliphatic rings. The number of anilines is 1. The number of hydrogen-bond donors (Lipinski definition) is 2. The molecule has 0 unspecified atom stereocenters. The number of nitrogen functional groups attached to an aromatic ring is 1. The molecule has 12 heavy (non-hydrogen) atoms. The normalized spacial score (nSPS) is 9.75. The van der Waals surface area contributed by atoms with Crippen LogP contribution in [0.1, 0.15) is 10.5 Å². The SMILES string of the molecule is CSc1nc(C(=O)O)ccc1N. The molecule has 0 bridgehead atoms. The fourth-order valence-corrected chi connectivity index (χ4v) is 1.23. The van der Waals surface area contributed by atoms with Crippen LogP contribution in [-0.2, 0) is 0 Å². The van der Waals surface area contributed by atoms with Gasteiger partial charge in [-0.05, 0) is 18.4 Å². The molecule has 0 amide bonds. The van der Waals surface area contributed by atoms with Gasteiger partial charge >= 0.3 is 5.97 Å². The Bertz CT molecular complexity index is 314. The molecule has 0 radical (unpaired) electrons. The van der Waals surface area contributed by atoms with Crippen LogP contribution in [0, 0.1) is 0 Å². The van der Waals surface area contributed by atoms with Gasteiger partial charge in [0.1, 0.15) is 10.7 Å². The van der Waals surface area contributed by atoms with E-state index < -0.39 is 5.97 Å². The van der Waals surface area contributed by atoms with Crippen LogP contribution in [0.2, 0.25) is 0 Å². The molecule has 0 aromatic carbocycles. The van der Waals surface area contributed by atoms with Crippen molar-refractivity contribution < 1.29 is 9.90 Å². The predicted molar refractivity (Wildman–Crippen MR) is 47.4 cm³/mol. The number of nitrogens with two attached hydrogens (primary N) is 1. The summed E-state index contributed by atoms with van der Waals surface area (Å²) in [5.41, 5.74) is 6.05. The van der Waals surface area contributed by atoms with Crippen LogP contribution in [0.3, 0.4) is 0 Å². The zero-order valence-electron chi connectivity index (χ0n) is 6.44. The second kappa shape index (κ2) is 3.44. The van der Waals surface area contributed by atoms with Crippen molar-refractivity contribution in [1.82, 2.24) is 4.98 Å². The molecule has 1 aromatic rings. The lowest BCUT2D eigenvalue weighted by Crippen LogP contribution is -2.02. The second-order valence-electron chi connectivity index (χ2n) is 2.10. The van der Waals surface area contributed by atoms with Gasteiger partial charge in [-0.3, -0.25) is 0 Å². The summed E-state index contributed by atoms with van der Waals surface area (Å²) >= 11 is 1.33. The van der Waals surface area contributed by atoms with Gasteiger partial charge in [0.25, 0.3) is 0 Å². The quantitative estimate of drug-likeness (QED) is 0.673. The maximum absolute atomic E-state index is 10.5. The molecule has 0 spiro atoms. The molecule has 3 N–H and O–H groups in total. The molecule has 0 saturated carbocycles. The molecule has 0 atom stereocenters. The lowest BCUT2D eigenvalue weighted by molar-refractivity contribution is 0.0690. The van der Waals surface area contributed by atoms with Gasteiger partial charge in [-0.25, -0.2) is 9.78 Å². The molecule has 0 saturated heterocycles. The number of pyridine rings is 1. The highest BCUT2D eigenvalue weighted by Gasteiger charge is 2.06. The number of carboxylic acids is 1. The summed E-state index contributed by atoms with van der Waals surface area (Å²) in [6.07, 6.45) is 1.80. The van der Waals surface area contributed by atoms with Crippen LogP contribution in [0.4, 0.5) is 5.69 Å². The van der Waals surface area contributed by atoms with Gasteiger partial charge in [0.2, 0.25) is 0 Å². The lowest BCUT2D eigenvalue weighted by atomic mass is 10.3. The van der Waals surface area contributed by atoms with E-state index in [0.717, 1.165) is 0 Å². The molecule has 1 rings (SSSR count). The van der Waals surface area contributed by atoms with E-state index in [4.69, 9.17) is 10.8 Å². The summed E-state index contributed by atoms with van der Waals surface area (Å²) in [5.74, 6) is -1.04. The van der Waals surface area contributed by atoms with Gasteiger partial charge in [0.15, 0.2) is 0 Å². The first kappa shape index (κ1) is 8.86. The van der Waals surface area contributed by atoms with E-state index in [1.54, 1.807) is 12.3 Å². The van der Waals surface area contributed by atoms with Crippen LogP contribution in [-0.4, -0.2) is 22.3 Å². The number of aromatic nitrogens is 1. The first-order valence-electron chi connectivity index (χ1n) is 3.19. The fraction of sp³-hybridized carbons (Fsp3) is 0.143. The second-order valence-corrected chi connectivity index (χ2v) is 2.90. The molecule has 5 heteroatoms. The van der Waals surface area contributed by atoms with E-state index in [2.05, 4.69) is 4.98 Å². The Morgan fingerprint density at radius 3 is 2.83 bits per heavy atom. The van der Waals surface area contributed by atoms with Crippen molar-refractivity contribution in [1.29, 1.82) is 0 Å². The average molecular weight is 184 g/mol. The van der Waals surface area contributed by atoms with Gasteiger partial charge in [0.05, 0.1) is 5.69 Å². The molecular formula is C7H8N2O2S. The van der Waals surface area contributed by atoms with E-state index >= 15 is 0 Å². The standard InChI is InChI=1S/C7H8N2O2S/c1-12-6-4(8)2-3-5(9-6)7(10)11/h2-3H,8H2,1H3,(H,10,11). The molecule has 64 valence electrons. The van der Waals surface area contributed by atoms with E-state index in [9.17, 15) is 4.79 Å². The average Bonchev–Trinajstić information content (AvgIpc) is 2.05. The van der Waals surface area contributed by atoms with Crippen molar-refractivity contribution in [3.05, 3.63) is 17.8 Å². The highest BCUT2D eigenvalue weighted by atomic mass is 32.2. The Balaban J connectivity index is 3.13. The van der Waals surface area contributed by atoms with Crippen LogP contribution >= 0.6 is 11.8 Å². The topological polar surface area (TPSA) is 76.2 Å². The van der Waals surface area contributed by atoms with Gasteiger partial charge in [-0.15, -0.1) is 11.8 Å². The minimum Gasteiger partial charge on any atom is -0.477 e. The van der Waals surface area contributed by atoms with Gasteiger partial charge in [-0.2, -0.15) is 0 Å². The summed E-state index contributed by atoms with van der Waals surface area (Å²) in [6, 6.07) is 2.93. The first-order chi connectivity index (χ1) is 5.65. The maximum atomic E-state index is 10.5. The Kier molecular flexibility index (Phi) is 2.54. The third-order valence-electron chi connectivity index (χ3n) is 1.30. The lowest BCUT2D eigenvalue weighted by Gasteiger charge is -2.01. The van der Waals surface area contributed by atoms with Crippen molar-refractivity contribution in [2.24, 2.45) is 0 Å². The zero-order chi connectivity index (χ0) is 9.14. The predicted octanol–water partition coefficient (Wildman–Crippen LogP) is 1.08. The molecule has 1 heterocycles. The Hall–Kier alpha value is -1.23. The smallest absolute Gasteiger partial charge is 0.354 e. The third kappa shape index (κ3) is 1.68. The van der Waals surface area contributed by atoms with Gasteiger partial charge in [-0.1, -0.05) is 0 Å². The van der Waals surface area contributed by atoms with Crippen LogP contribution in [0.25, 0.3) is 0 Å². The minimum atomic E-state index is -1.04. The fourth-order valence-electron chi connectivity index (χ4n) is 0.734. The summed E-state index contributed by atoms with van der Waals surface area (Å²) in [7, 11) is 0. The van der Waals surface area contributed by atoms with Crippen molar-refractivity contribution >= 4 is 23.4 Å².